The summed E-state index contributed by atoms with van der Waals surface area (Å²) in [6.45, 7) is 12.8. The van der Waals surface area contributed by atoms with E-state index in [1.165, 1.54) is 10.1 Å². The lowest BCUT2D eigenvalue weighted by atomic mass is 9.92. The Kier molecular flexibility index (Phi) is 7.55. The van der Waals surface area contributed by atoms with Crippen LogP contribution in [0.4, 0.5) is 4.79 Å². The first-order chi connectivity index (χ1) is 15.4. The number of para-hydroxylation sites is 2. The second kappa shape index (κ2) is 10.0. The van der Waals surface area contributed by atoms with Crippen LogP contribution in [0.3, 0.4) is 0 Å². The number of carbonyl (C=O) groups is 1. The van der Waals surface area contributed by atoms with Gasteiger partial charge in [0.2, 0.25) is 0 Å². The fraction of sp³-hybridized carbons (Fsp3) is 0.500. The third-order valence-electron chi connectivity index (χ3n) is 5.14. The second-order valence-electron chi connectivity index (χ2n) is 10.3. The molecule has 33 heavy (non-hydrogen) atoms. The van der Waals surface area contributed by atoms with E-state index in [0.717, 1.165) is 25.0 Å². The monoisotopic (exact) mass is 452 g/mol. The Labute approximate surface area is 196 Å². The first-order valence-electron chi connectivity index (χ1n) is 11.5. The van der Waals surface area contributed by atoms with Gasteiger partial charge in [-0.25, -0.2) is 14.3 Å². The molecule has 1 aliphatic rings. The minimum atomic E-state index is -1.01. The van der Waals surface area contributed by atoms with Crippen LogP contribution in [0.25, 0.3) is 11.0 Å². The number of ether oxygens (including phenoxy) is 1. The standard InChI is InChI=1S/C18H18N4O2.C8H18O/c23-18(24)22-15-9-2-1-7-13(15)21-16(22)11-20-14-8-3-5-12-6-4-10-19-17(12)14;1-7(2,3)9-8(4,5)6/h1-2,4,6-7,9-10,14,20H,3,5,8,11H2,(H,23,24);1-6H3. The van der Waals surface area contributed by atoms with Crippen molar-refractivity contribution in [3.63, 3.8) is 0 Å². The highest BCUT2D eigenvalue weighted by Crippen LogP contribution is 2.28. The fourth-order valence-corrected chi connectivity index (χ4v) is 4.35. The molecule has 0 aliphatic heterocycles. The maximum Gasteiger partial charge on any atom is 0.417 e. The van der Waals surface area contributed by atoms with Crippen molar-refractivity contribution in [1.29, 1.82) is 0 Å². The van der Waals surface area contributed by atoms with Crippen molar-refractivity contribution in [1.82, 2.24) is 19.9 Å². The van der Waals surface area contributed by atoms with Gasteiger partial charge in [0.15, 0.2) is 0 Å². The van der Waals surface area contributed by atoms with Crippen molar-refractivity contribution in [2.24, 2.45) is 0 Å². The maximum absolute atomic E-state index is 11.6. The van der Waals surface area contributed by atoms with Crippen molar-refractivity contribution >= 4 is 17.1 Å². The minimum absolute atomic E-state index is 0.0156. The summed E-state index contributed by atoms with van der Waals surface area (Å²) in [5.41, 5.74) is 3.62. The van der Waals surface area contributed by atoms with Crippen molar-refractivity contribution in [3.8, 4) is 0 Å². The van der Waals surface area contributed by atoms with E-state index in [1.807, 2.05) is 30.5 Å². The van der Waals surface area contributed by atoms with Crippen molar-refractivity contribution < 1.29 is 14.6 Å². The van der Waals surface area contributed by atoms with Gasteiger partial charge >= 0.3 is 6.09 Å². The Bertz CT molecular complexity index is 1080. The van der Waals surface area contributed by atoms with Crippen LogP contribution in [0.1, 0.15) is 77.5 Å². The molecule has 178 valence electrons. The molecule has 4 rings (SSSR count). The third-order valence-corrected chi connectivity index (χ3v) is 5.14. The highest BCUT2D eigenvalue weighted by molar-refractivity contribution is 5.86. The Morgan fingerprint density at radius 3 is 2.45 bits per heavy atom. The summed E-state index contributed by atoms with van der Waals surface area (Å²) in [5, 5.41) is 13.0. The molecule has 2 aromatic heterocycles. The van der Waals surface area contributed by atoms with Crippen LogP contribution in [-0.4, -0.2) is 36.9 Å². The predicted molar refractivity (Wildman–Crippen MR) is 131 cm³/mol. The number of fused-ring (bicyclic) bond motifs is 2. The van der Waals surface area contributed by atoms with Crippen LogP contribution in [0.5, 0.6) is 0 Å². The van der Waals surface area contributed by atoms with Crippen LogP contribution in [0, 0.1) is 0 Å². The van der Waals surface area contributed by atoms with Crippen LogP contribution in [-0.2, 0) is 17.7 Å². The summed E-state index contributed by atoms with van der Waals surface area (Å²) in [6, 6.07) is 11.5. The number of benzene rings is 1. The average Bonchev–Trinajstić information content (AvgIpc) is 3.08. The Hall–Kier alpha value is -2.77. The Morgan fingerprint density at radius 1 is 1.12 bits per heavy atom. The molecule has 0 bridgehead atoms. The molecule has 0 fully saturated rings. The summed E-state index contributed by atoms with van der Waals surface area (Å²) < 4.78 is 6.88. The molecule has 7 nitrogen and oxygen atoms in total. The third kappa shape index (κ3) is 6.85. The lowest BCUT2D eigenvalue weighted by Crippen LogP contribution is -2.31. The van der Waals surface area contributed by atoms with E-state index in [0.29, 0.717) is 23.4 Å². The number of imidazole rings is 1. The average molecular weight is 453 g/mol. The van der Waals surface area contributed by atoms with Crippen molar-refractivity contribution in [2.45, 2.75) is 84.6 Å². The molecule has 2 heterocycles. The lowest BCUT2D eigenvalue weighted by Gasteiger charge is -2.30. The van der Waals surface area contributed by atoms with E-state index >= 15 is 0 Å². The van der Waals surface area contributed by atoms with Gasteiger partial charge in [-0.2, -0.15) is 0 Å². The molecule has 1 atom stereocenters. The van der Waals surface area contributed by atoms with E-state index in [4.69, 9.17) is 4.74 Å². The summed E-state index contributed by atoms with van der Waals surface area (Å²) in [6.07, 6.45) is 3.95. The van der Waals surface area contributed by atoms with Gasteiger partial charge in [-0.3, -0.25) is 4.98 Å². The quantitative estimate of drug-likeness (QED) is 0.528. The van der Waals surface area contributed by atoms with Crippen LogP contribution in [0.2, 0.25) is 0 Å². The van der Waals surface area contributed by atoms with E-state index in [1.54, 1.807) is 6.07 Å². The van der Waals surface area contributed by atoms with E-state index in [-0.39, 0.29) is 17.2 Å². The highest BCUT2D eigenvalue weighted by atomic mass is 16.5. The molecule has 7 heteroatoms. The number of pyridine rings is 1. The number of aryl methyl sites for hydroxylation is 1. The summed E-state index contributed by atoms with van der Waals surface area (Å²) >= 11 is 0. The van der Waals surface area contributed by atoms with Crippen LogP contribution in [0.15, 0.2) is 42.6 Å². The van der Waals surface area contributed by atoms with E-state index in [2.05, 4.69) is 62.9 Å². The molecule has 0 radical (unpaired) electrons. The van der Waals surface area contributed by atoms with Gasteiger partial charge in [0.1, 0.15) is 5.82 Å². The normalized spacial score (nSPS) is 16.1. The highest BCUT2D eigenvalue weighted by Gasteiger charge is 2.23. The van der Waals surface area contributed by atoms with Crippen molar-refractivity contribution in [2.75, 3.05) is 0 Å². The largest absolute Gasteiger partial charge is 0.464 e. The van der Waals surface area contributed by atoms with E-state index < -0.39 is 6.09 Å². The molecule has 0 saturated heterocycles. The molecule has 0 saturated carbocycles. The maximum atomic E-state index is 11.6. The molecule has 0 spiro atoms. The fourth-order valence-electron chi connectivity index (χ4n) is 4.35. The Balaban J connectivity index is 0.000000292. The first-order valence-corrected chi connectivity index (χ1v) is 11.5. The van der Waals surface area contributed by atoms with Gasteiger partial charge < -0.3 is 15.2 Å². The van der Waals surface area contributed by atoms with E-state index in [9.17, 15) is 9.90 Å². The number of aromatic nitrogens is 3. The predicted octanol–water partition coefficient (Wildman–Crippen LogP) is 5.72. The number of nitrogens with zero attached hydrogens (tertiary/aromatic N) is 3. The zero-order chi connectivity index (χ0) is 24.2. The van der Waals surface area contributed by atoms with Gasteiger partial charge in [0.25, 0.3) is 0 Å². The minimum Gasteiger partial charge on any atom is -0.464 e. The van der Waals surface area contributed by atoms with Gasteiger partial charge in [-0.05, 0) is 84.6 Å². The molecule has 2 N–H and O–H groups in total. The summed E-state index contributed by atoms with van der Waals surface area (Å²) in [7, 11) is 0. The molecule has 1 unspecified atom stereocenters. The number of hydrogen-bond donors (Lipinski definition) is 2. The van der Waals surface area contributed by atoms with Gasteiger partial charge in [0, 0.05) is 6.20 Å². The number of hydrogen-bond acceptors (Lipinski definition) is 5. The van der Waals surface area contributed by atoms with Gasteiger partial charge in [-0.15, -0.1) is 0 Å². The zero-order valence-corrected chi connectivity index (χ0v) is 20.6. The zero-order valence-electron chi connectivity index (χ0n) is 20.6. The van der Waals surface area contributed by atoms with Gasteiger partial charge in [0.05, 0.1) is 40.5 Å². The van der Waals surface area contributed by atoms with Gasteiger partial charge in [-0.1, -0.05) is 18.2 Å². The molecule has 1 aromatic carbocycles. The number of carboxylic acid groups (broad SMARTS) is 1. The number of nitrogens with one attached hydrogen (secondary N) is 1. The molecule has 1 aliphatic carbocycles. The molecular weight excluding hydrogens is 416 g/mol. The first kappa shape index (κ1) is 24.9. The van der Waals surface area contributed by atoms with Crippen LogP contribution >= 0.6 is 0 Å². The molecule has 0 amide bonds. The smallest absolute Gasteiger partial charge is 0.417 e. The number of rotatable bonds is 3. The molecular formula is C26H36N4O3. The lowest BCUT2D eigenvalue weighted by molar-refractivity contribution is -0.102. The topological polar surface area (TPSA) is 89.3 Å². The molecule has 3 aromatic rings. The Morgan fingerprint density at radius 2 is 1.82 bits per heavy atom. The van der Waals surface area contributed by atoms with Crippen LogP contribution < -0.4 is 5.32 Å². The van der Waals surface area contributed by atoms with Crippen molar-refractivity contribution in [3.05, 3.63) is 59.7 Å². The second-order valence-corrected chi connectivity index (χ2v) is 10.3. The SMILES string of the molecule is CC(C)(C)OC(C)(C)C.O=C(O)n1c(CNC2CCCc3cccnc32)nc2ccccc21. The summed E-state index contributed by atoms with van der Waals surface area (Å²) in [5.74, 6) is 0.506. The summed E-state index contributed by atoms with van der Waals surface area (Å²) in [4.78, 5) is 20.6.